The molecule has 1 aromatic carbocycles. The van der Waals surface area contributed by atoms with E-state index in [1.807, 2.05) is 6.92 Å². The molecule has 0 saturated heterocycles. The molecule has 2 nitrogen and oxygen atoms in total. The molecule has 0 radical (unpaired) electrons. The molecule has 1 aromatic rings. The van der Waals surface area contributed by atoms with Crippen molar-refractivity contribution >= 4 is 11.6 Å². The molecule has 0 aromatic heterocycles. The van der Waals surface area contributed by atoms with Gasteiger partial charge in [-0.2, -0.15) is 8.78 Å². The van der Waals surface area contributed by atoms with E-state index in [0.717, 1.165) is 6.42 Å². The first-order chi connectivity index (χ1) is 7.45. The molecule has 0 amide bonds. The van der Waals surface area contributed by atoms with E-state index >= 15 is 0 Å². The molecule has 16 heavy (non-hydrogen) atoms. The lowest BCUT2D eigenvalue weighted by Crippen LogP contribution is -2.18. The maximum Gasteiger partial charge on any atom is 0.351 e. The number of aliphatic hydroxyl groups is 1. The SMILES string of the molecule is CCCOc1ccc(C(O)C(F)(F)Cl)cc1. The van der Waals surface area contributed by atoms with Crippen LogP contribution in [0.4, 0.5) is 8.78 Å². The van der Waals surface area contributed by atoms with E-state index < -0.39 is 11.5 Å². The van der Waals surface area contributed by atoms with Gasteiger partial charge in [-0.25, -0.2) is 0 Å². The summed E-state index contributed by atoms with van der Waals surface area (Å²) in [7, 11) is 0. The standard InChI is InChI=1S/C11H13ClF2O2/c1-2-7-16-9-5-3-8(4-6-9)10(15)11(12,13)14/h3-6,10,15H,2,7H2,1H3. The average Bonchev–Trinajstić information content (AvgIpc) is 2.25. The Labute approximate surface area is 97.8 Å². The van der Waals surface area contributed by atoms with Gasteiger partial charge >= 0.3 is 5.38 Å². The zero-order valence-corrected chi connectivity index (χ0v) is 9.55. The predicted octanol–water partition coefficient (Wildman–Crippen LogP) is 3.34. The van der Waals surface area contributed by atoms with Crippen LogP contribution in [0, 0.1) is 0 Å². The lowest BCUT2D eigenvalue weighted by atomic mass is 10.1. The molecule has 0 aliphatic carbocycles. The number of benzene rings is 1. The topological polar surface area (TPSA) is 29.5 Å². The van der Waals surface area contributed by atoms with Crippen LogP contribution in [0.2, 0.25) is 0 Å². The van der Waals surface area contributed by atoms with Gasteiger partial charge in [0.15, 0.2) is 6.10 Å². The highest BCUT2D eigenvalue weighted by Gasteiger charge is 2.36. The zero-order chi connectivity index (χ0) is 12.2. The molecule has 0 spiro atoms. The largest absolute Gasteiger partial charge is 0.494 e. The van der Waals surface area contributed by atoms with Crippen LogP contribution >= 0.6 is 11.6 Å². The van der Waals surface area contributed by atoms with E-state index in [-0.39, 0.29) is 5.56 Å². The Morgan fingerprint density at radius 1 is 1.38 bits per heavy atom. The van der Waals surface area contributed by atoms with Gasteiger partial charge in [-0.1, -0.05) is 19.1 Å². The minimum Gasteiger partial charge on any atom is -0.494 e. The van der Waals surface area contributed by atoms with Crippen LogP contribution in [0.15, 0.2) is 24.3 Å². The summed E-state index contributed by atoms with van der Waals surface area (Å²) in [4.78, 5) is 0. The molecular weight excluding hydrogens is 238 g/mol. The number of hydrogen-bond acceptors (Lipinski definition) is 2. The second kappa shape index (κ2) is 5.46. The summed E-state index contributed by atoms with van der Waals surface area (Å²) < 4.78 is 30.5. The third-order valence-electron chi connectivity index (χ3n) is 1.98. The Morgan fingerprint density at radius 3 is 2.38 bits per heavy atom. The Kier molecular flexibility index (Phi) is 4.50. The monoisotopic (exact) mass is 250 g/mol. The Morgan fingerprint density at radius 2 is 1.94 bits per heavy atom. The summed E-state index contributed by atoms with van der Waals surface area (Å²) in [5.41, 5.74) is 0.0591. The van der Waals surface area contributed by atoms with Crippen molar-refractivity contribution in [3.8, 4) is 5.75 Å². The number of alkyl halides is 3. The van der Waals surface area contributed by atoms with Crippen molar-refractivity contribution in [1.29, 1.82) is 0 Å². The fourth-order valence-corrected chi connectivity index (χ4v) is 1.28. The van der Waals surface area contributed by atoms with Gasteiger partial charge in [-0.3, -0.25) is 0 Å². The molecular formula is C11H13ClF2O2. The van der Waals surface area contributed by atoms with Gasteiger partial charge in [0.1, 0.15) is 5.75 Å². The van der Waals surface area contributed by atoms with Crippen LogP contribution in [0.1, 0.15) is 25.0 Å². The summed E-state index contributed by atoms with van der Waals surface area (Å²) in [6.07, 6.45) is -1.14. The molecule has 1 unspecified atom stereocenters. The van der Waals surface area contributed by atoms with E-state index in [1.54, 1.807) is 0 Å². The predicted molar refractivity (Wildman–Crippen MR) is 58.0 cm³/mol. The third-order valence-corrected chi connectivity index (χ3v) is 2.19. The fourth-order valence-electron chi connectivity index (χ4n) is 1.16. The first-order valence-corrected chi connectivity index (χ1v) is 5.30. The van der Waals surface area contributed by atoms with Gasteiger partial charge in [0.25, 0.3) is 0 Å². The highest BCUT2D eigenvalue weighted by Crippen LogP contribution is 2.35. The molecule has 0 bridgehead atoms. The van der Waals surface area contributed by atoms with Crippen molar-refractivity contribution < 1.29 is 18.6 Å². The van der Waals surface area contributed by atoms with E-state index in [9.17, 15) is 13.9 Å². The van der Waals surface area contributed by atoms with Gasteiger partial charge in [-0.15, -0.1) is 0 Å². The molecule has 0 heterocycles. The van der Waals surface area contributed by atoms with Crippen LogP contribution in [-0.2, 0) is 0 Å². The quantitative estimate of drug-likeness (QED) is 0.812. The molecule has 5 heteroatoms. The summed E-state index contributed by atoms with van der Waals surface area (Å²) in [6.45, 7) is 2.53. The van der Waals surface area contributed by atoms with E-state index in [2.05, 4.69) is 0 Å². The molecule has 0 aliphatic heterocycles. The number of hydrogen-bond donors (Lipinski definition) is 1. The van der Waals surface area contributed by atoms with Crippen LogP contribution in [-0.4, -0.2) is 17.1 Å². The minimum atomic E-state index is -3.66. The van der Waals surface area contributed by atoms with Crippen molar-refractivity contribution in [3.63, 3.8) is 0 Å². The van der Waals surface area contributed by atoms with Crippen LogP contribution in [0.25, 0.3) is 0 Å². The molecule has 1 atom stereocenters. The van der Waals surface area contributed by atoms with E-state index in [0.29, 0.717) is 12.4 Å². The second-order valence-electron chi connectivity index (χ2n) is 3.36. The van der Waals surface area contributed by atoms with Crippen LogP contribution in [0.3, 0.4) is 0 Å². The molecule has 0 fully saturated rings. The highest BCUT2D eigenvalue weighted by atomic mass is 35.5. The molecule has 0 saturated carbocycles. The average molecular weight is 251 g/mol. The first-order valence-electron chi connectivity index (χ1n) is 4.92. The third kappa shape index (κ3) is 3.61. The molecule has 90 valence electrons. The van der Waals surface area contributed by atoms with Gasteiger partial charge in [0, 0.05) is 0 Å². The molecule has 1 rings (SSSR count). The summed E-state index contributed by atoms with van der Waals surface area (Å²) in [6, 6.07) is 5.78. The second-order valence-corrected chi connectivity index (χ2v) is 3.87. The van der Waals surface area contributed by atoms with Crippen molar-refractivity contribution in [2.45, 2.75) is 24.8 Å². The van der Waals surface area contributed by atoms with Gasteiger partial charge in [-0.05, 0) is 35.7 Å². The minimum absolute atomic E-state index is 0.0591. The van der Waals surface area contributed by atoms with Crippen molar-refractivity contribution in [2.75, 3.05) is 6.61 Å². The Hall–Kier alpha value is -0.870. The van der Waals surface area contributed by atoms with Crippen LogP contribution < -0.4 is 4.74 Å². The lowest BCUT2D eigenvalue weighted by molar-refractivity contribution is -0.0424. The van der Waals surface area contributed by atoms with Gasteiger partial charge < -0.3 is 9.84 Å². The maximum absolute atomic E-state index is 12.6. The Balaban J connectivity index is 2.71. The van der Waals surface area contributed by atoms with E-state index in [4.69, 9.17) is 16.3 Å². The highest BCUT2D eigenvalue weighted by molar-refractivity contribution is 6.22. The number of halogens is 3. The van der Waals surface area contributed by atoms with Crippen molar-refractivity contribution in [2.24, 2.45) is 0 Å². The maximum atomic E-state index is 12.6. The number of ether oxygens (including phenoxy) is 1. The summed E-state index contributed by atoms with van der Waals surface area (Å²) in [5, 5.41) is 5.54. The van der Waals surface area contributed by atoms with Crippen molar-refractivity contribution in [3.05, 3.63) is 29.8 Å². The normalized spacial score (nSPS) is 13.6. The van der Waals surface area contributed by atoms with Crippen LogP contribution in [0.5, 0.6) is 5.75 Å². The van der Waals surface area contributed by atoms with Crippen molar-refractivity contribution in [1.82, 2.24) is 0 Å². The summed E-state index contributed by atoms with van der Waals surface area (Å²) in [5.74, 6) is 0.579. The summed E-state index contributed by atoms with van der Waals surface area (Å²) >= 11 is 4.73. The lowest BCUT2D eigenvalue weighted by Gasteiger charge is -2.16. The number of aliphatic hydroxyl groups excluding tert-OH is 1. The Bertz CT molecular complexity index is 322. The van der Waals surface area contributed by atoms with Gasteiger partial charge in [0.05, 0.1) is 6.61 Å². The molecule has 0 aliphatic rings. The zero-order valence-electron chi connectivity index (χ0n) is 8.79. The van der Waals surface area contributed by atoms with E-state index in [1.165, 1.54) is 24.3 Å². The molecule has 1 N–H and O–H groups in total. The first kappa shape index (κ1) is 13.2. The fraction of sp³-hybridized carbons (Fsp3) is 0.455. The number of rotatable bonds is 5. The smallest absolute Gasteiger partial charge is 0.351 e. The van der Waals surface area contributed by atoms with Gasteiger partial charge in [0.2, 0.25) is 0 Å².